The Morgan fingerprint density at radius 3 is 2.95 bits per heavy atom. The molecule has 2 heterocycles. The van der Waals surface area contributed by atoms with Crippen molar-refractivity contribution in [2.24, 2.45) is 0 Å². The molecule has 0 bridgehead atoms. The molecule has 2 rings (SSSR count). The van der Waals surface area contributed by atoms with Crippen molar-refractivity contribution in [3.63, 3.8) is 0 Å². The molecule has 0 spiro atoms. The third kappa shape index (κ3) is 4.17. The van der Waals surface area contributed by atoms with Crippen LogP contribution in [0, 0.1) is 13.8 Å². The van der Waals surface area contributed by atoms with Gasteiger partial charge in [0.25, 0.3) is 0 Å². The van der Waals surface area contributed by atoms with E-state index in [0.717, 1.165) is 36.6 Å². The Morgan fingerprint density at radius 2 is 2.24 bits per heavy atom. The maximum Gasteiger partial charge on any atom is 0.128 e. The number of methoxy groups -OCH3 is 1. The fourth-order valence-corrected chi connectivity index (χ4v) is 3.16. The summed E-state index contributed by atoms with van der Waals surface area (Å²) in [6.07, 6.45) is 5.69. The zero-order valence-corrected chi connectivity index (χ0v) is 13.9. The van der Waals surface area contributed by atoms with Gasteiger partial charge in [-0.05, 0) is 46.2 Å². The SMILES string of the molecule is CCCNC1CCCN(Cc2ncc(C)c(OC)c2C)C1. The molecule has 1 aliphatic heterocycles. The first kappa shape index (κ1) is 16.2. The topological polar surface area (TPSA) is 37.4 Å². The third-order valence-electron chi connectivity index (χ3n) is 4.31. The van der Waals surface area contributed by atoms with Crippen LogP contribution in [0.5, 0.6) is 5.75 Å². The molecule has 0 amide bonds. The van der Waals surface area contributed by atoms with Gasteiger partial charge in [0, 0.05) is 36.5 Å². The van der Waals surface area contributed by atoms with E-state index >= 15 is 0 Å². The zero-order valence-electron chi connectivity index (χ0n) is 13.9. The first-order valence-corrected chi connectivity index (χ1v) is 8.10. The van der Waals surface area contributed by atoms with Gasteiger partial charge >= 0.3 is 0 Å². The summed E-state index contributed by atoms with van der Waals surface area (Å²) in [5.74, 6) is 0.984. The van der Waals surface area contributed by atoms with Crippen LogP contribution in [-0.2, 0) is 6.54 Å². The van der Waals surface area contributed by atoms with E-state index in [1.165, 1.54) is 31.4 Å². The minimum atomic E-state index is 0.631. The molecule has 0 radical (unpaired) electrons. The van der Waals surface area contributed by atoms with Gasteiger partial charge in [0.2, 0.25) is 0 Å². The Bertz CT molecular complexity index is 462. The van der Waals surface area contributed by atoms with E-state index in [0.29, 0.717) is 6.04 Å². The molecule has 0 aliphatic carbocycles. The minimum absolute atomic E-state index is 0.631. The average Bonchev–Trinajstić information content (AvgIpc) is 2.49. The average molecular weight is 291 g/mol. The van der Waals surface area contributed by atoms with E-state index in [1.54, 1.807) is 7.11 Å². The van der Waals surface area contributed by atoms with Gasteiger partial charge < -0.3 is 10.1 Å². The van der Waals surface area contributed by atoms with E-state index in [1.807, 2.05) is 13.1 Å². The number of aryl methyl sites for hydroxylation is 1. The number of likely N-dealkylation sites (tertiary alicyclic amines) is 1. The normalized spacial score (nSPS) is 19.7. The van der Waals surface area contributed by atoms with Gasteiger partial charge in [-0.25, -0.2) is 0 Å². The van der Waals surface area contributed by atoms with E-state index < -0.39 is 0 Å². The lowest BCUT2D eigenvalue weighted by atomic mass is 10.0. The minimum Gasteiger partial charge on any atom is -0.496 e. The molecule has 4 heteroatoms. The van der Waals surface area contributed by atoms with Crippen LogP contribution in [0.4, 0.5) is 0 Å². The molecule has 1 atom stereocenters. The fraction of sp³-hybridized carbons (Fsp3) is 0.706. The molecule has 118 valence electrons. The largest absolute Gasteiger partial charge is 0.496 e. The Balaban J connectivity index is 2.01. The van der Waals surface area contributed by atoms with Crippen molar-refractivity contribution in [3.8, 4) is 5.75 Å². The lowest BCUT2D eigenvalue weighted by Gasteiger charge is -2.33. The van der Waals surface area contributed by atoms with Gasteiger partial charge in [-0.1, -0.05) is 6.92 Å². The molecule has 0 saturated carbocycles. The van der Waals surface area contributed by atoms with Crippen molar-refractivity contribution in [1.29, 1.82) is 0 Å². The zero-order chi connectivity index (χ0) is 15.2. The van der Waals surface area contributed by atoms with Crippen molar-refractivity contribution < 1.29 is 4.74 Å². The molecular weight excluding hydrogens is 262 g/mol. The maximum atomic E-state index is 5.51. The summed E-state index contributed by atoms with van der Waals surface area (Å²) >= 11 is 0. The number of piperidine rings is 1. The number of nitrogens with one attached hydrogen (secondary N) is 1. The van der Waals surface area contributed by atoms with Crippen LogP contribution in [0.15, 0.2) is 6.20 Å². The number of aromatic nitrogens is 1. The monoisotopic (exact) mass is 291 g/mol. The van der Waals surface area contributed by atoms with E-state index in [2.05, 4.69) is 29.0 Å². The summed E-state index contributed by atoms with van der Waals surface area (Å²) < 4.78 is 5.51. The summed E-state index contributed by atoms with van der Waals surface area (Å²) in [5.41, 5.74) is 3.44. The van der Waals surface area contributed by atoms with Gasteiger partial charge in [-0.2, -0.15) is 0 Å². The lowest BCUT2D eigenvalue weighted by molar-refractivity contribution is 0.181. The Hall–Kier alpha value is -1.13. The van der Waals surface area contributed by atoms with E-state index in [4.69, 9.17) is 4.74 Å². The molecule has 0 aromatic carbocycles. The highest BCUT2D eigenvalue weighted by molar-refractivity contribution is 5.41. The van der Waals surface area contributed by atoms with Crippen LogP contribution in [0.25, 0.3) is 0 Å². The summed E-state index contributed by atoms with van der Waals surface area (Å²) in [5, 5.41) is 3.65. The standard InChI is InChI=1S/C17H29N3O/c1-5-8-18-15-7-6-9-20(11-15)12-16-14(3)17(21-4)13(2)10-19-16/h10,15,18H,5-9,11-12H2,1-4H3. The summed E-state index contributed by atoms with van der Waals surface area (Å²) in [4.78, 5) is 7.14. The lowest BCUT2D eigenvalue weighted by Crippen LogP contribution is -2.45. The Kier molecular flexibility index (Phi) is 6.00. The molecule has 1 aliphatic rings. The number of hydrogen-bond donors (Lipinski definition) is 1. The van der Waals surface area contributed by atoms with Crippen molar-refractivity contribution in [3.05, 3.63) is 23.0 Å². The van der Waals surface area contributed by atoms with Crippen LogP contribution >= 0.6 is 0 Å². The van der Waals surface area contributed by atoms with Crippen LogP contribution in [0.1, 0.15) is 43.0 Å². The van der Waals surface area contributed by atoms with Gasteiger partial charge in [-0.15, -0.1) is 0 Å². The third-order valence-corrected chi connectivity index (χ3v) is 4.31. The molecule has 1 aromatic rings. The Labute approximate surface area is 128 Å². The van der Waals surface area contributed by atoms with Crippen molar-refractivity contribution in [1.82, 2.24) is 15.2 Å². The van der Waals surface area contributed by atoms with Crippen LogP contribution in [-0.4, -0.2) is 42.7 Å². The second kappa shape index (κ2) is 7.76. The van der Waals surface area contributed by atoms with Crippen molar-refractivity contribution in [2.45, 2.75) is 52.6 Å². The molecule has 1 saturated heterocycles. The summed E-state index contributed by atoms with van der Waals surface area (Å²) in [6.45, 7) is 10.7. The van der Waals surface area contributed by atoms with Crippen LogP contribution < -0.4 is 10.1 Å². The molecule has 1 unspecified atom stereocenters. The smallest absolute Gasteiger partial charge is 0.128 e. The first-order valence-electron chi connectivity index (χ1n) is 8.10. The predicted molar refractivity (Wildman–Crippen MR) is 86.9 cm³/mol. The quantitative estimate of drug-likeness (QED) is 0.874. The van der Waals surface area contributed by atoms with Gasteiger partial charge in [-0.3, -0.25) is 9.88 Å². The van der Waals surface area contributed by atoms with E-state index in [9.17, 15) is 0 Å². The Morgan fingerprint density at radius 1 is 1.43 bits per heavy atom. The molecule has 1 fully saturated rings. The highest BCUT2D eigenvalue weighted by atomic mass is 16.5. The van der Waals surface area contributed by atoms with Crippen molar-refractivity contribution >= 4 is 0 Å². The van der Waals surface area contributed by atoms with Crippen molar-refractivity contribution in [2.75, 3.05) is 26.7 Å². The number of nitrogens with zero attached hydrogens (tertiary/aromatic N) is 2. The summed E-state index contributed by atoms with van der Waals surface area (Å²) in [6, 6.07) is 0.631. The first-order chi connectivity index (χ1) is 10.2. The molecule has 1 N–H and O–H groups in total. The maximum absolute atomic E-state index is 5.51. The number of ether oxygens (including phenoxy) is 1. The predicted octanol–water partition coefficient (Wildman–Crippen LogP) is 2.67. The second-order valence-corrected chi connectivity index (χ2v) is 6.07. The highest BCUT2D eigenvalue weighted by Gasteiger charge is 2.21. The number of rotatable bonds is 6. The van der Waals surface area contributed by atoms with Gasteiger partial charge in [0.1, 0.15) is 5.75 Å². The molecule has 1 aromatic heterocycles. The molecule has 4 nitrogen and oxygen atoms in total. The fourth-order valence-electron chi connectivity index (χ4n) is 3.16. The van der Waals surface area contributed by atoms with Gasteiger partial charge in [0.05, 0.1) is 12.8 Å². The summed E-state index contributed by atoms with van der Waals surface area (Å²) in [7, 11) is 1.74. The molecular formula is C17H29N3O. The van der Waals surface area contributed by atoms with Crippen LogP contribution in [0.2, 0.25) is 0 Å². The van der Waals surface area contributed by atoms with E-state index in [-0.39, 0.29) is 0 Å². The number of pyridine rings is 1. The molecule has 21 heavy (non-hydrogen) atoms. The van der Waals surface area contributed by atoms with Gasteiger partial charge in [0.15, 0.2) is 0 Å². The second-order valence-electron chi connectivity index (χ2n) is 6.07. The van der Waals surface area contributed by atoms with Crippen LogP contribution in [0.3, 0.4) is 0 Å². The number of hydrogen-bond acceptors (Lipinski definition) is 4. The highest BCUT2D eigenvalue weighted by Crippen LogP contribution is 2.25.